The summed E-state index contributed by atoms with van der Waals surface area (Å²) in [5.74, 6) is -3.42. The van der Waals surface area contributed by atoms with E-state index in [0.717, 1.165) is 5.56 Å². The number of aryl methyl sites for hydroxylation is 1. The molecule has 27 heavy (non-hydrogen) atoms. The van der Waals surface area contributed by atoms with Crippen LogP contribution in [0, 0.1) is 0 Å². The summed E-state index contributed by atoms with van der Waals surface area (Å²) >= 11 is 0. The van der Waals surface area contributed by atoms with E-state index in [1.165, 1.54) is 0 Å². The molecule has 0 aliphatic rings. The van der Waals surface area contributed by atoms with Gasteiger partial charge in [-0.1, -0.05) is 4.68 Å². The molecule has 9 nitrogen and oxygen atoms in total. The van der Waals surface area contributed by atoms with Gasteiger partial charge in [0, 0.05) is 12.3 Å². The molecule has 142 valence electrons. The van der Waals surface area contributed by atoms with E-state index >= 15 is 0 Å². The summed E-state index contributed by atoms with van der Waals surface area (Å²) in [5.41, 5.74) is 1.88. The summed E-state index contributed by atoms with van der Waals surface area (Å²) in [6.07, 6.45) is -0.239. The lowest BCUT2D eigenvalue weighted by molar-refractivity contribution is -0.752. The molecular weight excluding hydrogens is 373 g/mol. The smallest absolute Gasteiger partial charge is 0.430 e. The molecule has 0 atom stereocenters. The Labute approximate surface area is 148 Å². The van der Waals surface area contributed by atoms with Crippen molar-refractivity contribution in [3.63, 3.8) is 0 Å². The van der Waals surface area contributed by atoms with E-state index in [-0.39, 0.29) is 6.42 Å². The molecular formula is C15H11F3N4O5. The molecule has 0 amide bonds. The molecule has 1 N–H and O–H groups in total. The maximum Gasteiger partial charge on any atom is 0.430 e. The molecule has 0 fully saturated rings. The zero-order valence-corrected chi connectivity index (χ0v) is 13.4. The van der Waals surface area contributed by atoms with E-state index < -0.39 is 18.1 Å². The molecule has 0 bridgehead atoms. The molecule has 0 aliphatic heterocycles. The minimum Gasteiger partial charge on any atom is -0.542 e. The monoisotopic (exact) mass is 384 g/mol. The first-order valence-corrected chi connectivity index (χ1v) is 7.24. The summed E-state index contributed by atoms with van der Waals surface area (Å²) < 4.78 is 38.6. The Morgan fingerprint density at radius 1 is 1.30 bits per heavy atom. The Bertz CT molecular complexity index is 908. The fourth-order valence-corrected chi connectivity index (χ4v) is 1.75. The van der Waals surface area contributed by atoms with Gasteiger partial charge in [-0.05, 0) is 17.2 Å². The number of carboxylic acids is 2. The van der Waals surface area contributed by atoms with Gasteiger partial charge in [0.2, 0.25) is 11.6 Å². The number of carbonyl (C=O) groups is 2. The molecule has 0 unspecified atom stereocenters. The fraction of sp³-hybridized carbons (Fsp3) is 0.200. The zero-order valence-electron chi connectivity index (χ0n) is 13.4. The van der Waals surface area contributed by atoms with Gasteiger partial charge in [-0.25, -0.2) is 9.97 Å². The lowest BCUT2D eigenvalue weighted by Crippen LogP contribution is -2.38. The number of aliphatic carboxylic acids is 2. The van der Waals surface area contributed by atoms with Gasteiger partial charge in [0.05, 0.1) is 5.56 Å². The van der Waals surface area contributed by atoms with Crippen molar-refractivity contribution in [3.8, 4) is 11.5 Å². The number of alkyl halides is 3. The Balaban J connectivity index is 0.000000321. The van der Waals surface area contributed by atoms with Crippen molar-refractivity contribution >= 4 is 23.2 Å². The summed E-state index contributed by atoms with van der Waals surface area (Å²) in [6, 6.07) is 5.38. The van der Waals surface area contributed by atoms with Crippen LogP contribution in [0.4, 0.5) is 13.2 Å². The summed E-state index contributed by atoms with van der Waals surface area (Å²) in [7, 11) is 0. The van der Waals surface area contributed by atoms with Crippen molar-refractivity contribution in [1.82, 2.24) is 15.1 Å². The molecule has 0 saturated heterocycles. The second-order valence-corrected chi connectivity index (χ2v) is 4.95. The van der Waals surface area contributed by atoms with Gasteiger partial charge >= 0.3 is 12.1 Å². The number of hydrogen-bond acceptors (Lipinski definition) is 7. The third-order valence-electron chi connectivity index (χ3n) is 2.97. The number of nitrogens with zero attached hydrogens (tertiary/aromatic N) is 4. The van der Waals surface area contributed by atoms with Crippen LogP contribution < -0.4 is 9.79 Å². The van der Waals surface area contributed by atoms with E-state index in [9.17, 15) is 18.0 Å². The summed E-state index contributed by atoms with van der Waals surface area (Å²) in [4.78, 5) is 27.7. The van der Waals surface area contributed by atoms with Crippen LogP contribution in [0.25, 0.3) is 22.7 Å². The largest absolute Gasteiger partial charge is 0.542 e. The summed E-state index contributed by atoms with van der Waals surface area (Å²) in [5, 5.41) is 21.5. The molecule has 0 radical (unpaired) electrons. The van der Waals surface area contributed by atoms with E-state index in [0.29, 0.717) is 23.7 Å². The van der Waals surface area contributed by atoms with Crippen molar-refractivity contribution in [1.29, 1.82) is 0 Å². The van der Waals surface area contributed by atoms with Crippen LogP contribution in [0.15, 0.2) is 41.2 Å². The highest BCUT2D eigenvalue weighted by atomic mass is 19.4. The van der Waals surface area contributed by atoms with E-state index in [1.54, 1.807) is 35.4 Å². The predicted molar refractivity (Wildman–Crippen MR) is 78.5 cm³/mol. The molecule has 3 heterocycles. The highest BCUT2D eigenvalue weighted by Gasteiger charge is 2.28. The van der Waals surface area contributed by atoms with Crippen molar-refractivity contribution in [2.45, 2.75) is 19.1 Å². The number of aromatic nitrogens is 4. The minimum absolute atomic E-state index is 0.0316. The molecule has 0 aromatic carbocycles. The molecule has 0 spiro atoms. The Hall–Kier alpha value is -3.57. The maximum atomic E-state index is 10.5. The second kappa shape index (κ2) is 8.21. The molecule has 3 aromatic rings. The first kappa shape index (κ1) is 19.8. The Morgan fingerprint density at radius 3 is 2.52 bits per heavy atom. The van der Waals surface area contributed by atoms with Crippen molar-refractivity contribution in [2.75, 3.05) is 0 Å². The van der Waals surface area contributed by atoms with Crippen molar-refractivity contribution < 1.29 is 42.1 Å². The summed E-state index contributed by atoms with van der Waals surface area (Å²) in [6.45, 7) is 0.324. The zero-order chi connectivity index (χ0) is 20.0. The number of hydrogen-bond donors (Lipinski definition) is 1. The highest BCUT2D eigenvalue weighted by molar-refractivity contribution is 5.72. The standard InChI is InChI=1S/C13H10N4O3.C2HF3O2/c18-11(19)4-7-17-6-3-9(8-15-17)12-16-10-2-1-5-14-13(10)20-12;3-2(4,5)1(6)7/h1-3,5-6,8H,4,7H2;(H,6,7). The molecule has 0 saturated carbocycles. The quantitative estimate of drug-likeness (QED) is 0.637. The van der Waals surface area contributed by atoms with Crippen LogP contribution in [0.2, 0.25) is 0 Å². The average Bonchev–Trinajstić information content (AvgIpc) is 3.04. The van der Waals surface area contributed by atoms with Crippen LogP contribution >= 0.6 is 0 Å². The molecule has 3 aromatic heterocycles. The number of rotatable bonds is 4. The molecule has 3 rings (SSSR count). The van der Waals surface area contributed by atoms with Gasteiger partial charge in [-0.2, -0.15) is 13.2 Å². The van der Waals surface area contributed by atoms with Crippen LogP contribution in [0.5, 0.6) is 0 Å². The average molecular weight is 384 g/mol. The van der Waals surface area contributed by atoms with E-state index in [2.05, 4.69) is 15.1 Å². The number of pyridine rings is 1. The van der Waals surface area contributed by atoms with Crippen LogP contribution in [0.1, 0.15) is 6.42 Å². The number of carboxylic acid groups (broad SMARTS) is 2. The van der Waals surface area contributed by atoms with Gasteiger partial charge in [0.1, 0.15) is 24.1 Å². The SMILES string of the molecule is O=C(O)CC[n+]1ccc(-c2nc3cccnc3o2)cn1.O=C([O-])C(F)(F)F. The fourth-order valence-electron chi connectivity index (χ4n) is 1.75. The van der Waals surface area contributed by atoms with E-state index in [1.807, 2.05) is 6.07 Å². The lowest BCUT2D eigenvalue weighted by Gasteiger charge is -2.03. The van der Waals surface area contributed by atoms with Gasteiger partial charge in [0.25, 0.3) is 0 Å². The normalized spacial score (nSPS) is 10.9. The van der Waals surface area contributed by atoms with Crippen molar-refractivity contribution in [2.24, 2.45) is 0 Å². The van der Waals surface area contributed by atoms with E-state index in [4.69, 9.17) is 19.4 Å². The first-order chi connectivity index (χ1) is 12.7. The van der Waals surface area contributed by atoms with Gasteiger partial charge in [-0.3, -0.25) is 4.79 Å². The highest BCUT2D eigenvalue weighted by Crippen LogP contribution is 2.21. The molecule has 0 aliphatic carbocycles. The minimum atomic E-state index is -5.19. The number of fused-ring (bicyclic) bond motifs is 1. The molecule has 12 heteroatoms. The van der Waals surface area contributed by atoms with Gasteiger partial charge in [0.15, 0.2) is 12.7 Å². The van der Waals surface area contributed by atoms with Crippen LogP contribution in [-0.2, 0) is 16.1 Å². The Morgan fingerprint density at radius 2 is 2.00 bits per heavy atom. The third-order valence-corrected chi connectivity index (χ3v) is 2.97. The number of oxazole rings is 1. The first-order valence-electron chi connectivity index (χ1n) is 7.24. The number of halogens is 3. The van der Waals surface area contributed by atoms with Crippen molar-refractivity contribution in [3.05, 3.63) is 36.8 Å². The topological polar surface area (TPSA) is 133 Å². The Kier molecular flexibility index (Phi) is 6.00. The second-order valence-electron chi connectivity index (χ2n) is 4.95. The lowest BCUT2D eigenvalue weighted by atomic mass is 10.3. The van der Waals surface area contributed by atoms with Gasteiger partial charge < -0.3 is 19.4 Å². The van der Waals surface area contributed by atoms with Crippen LogP contribution in [-0.4, -0.2) is 38.3 Å². The predicted octanol–water partition coefficient (Wildman–Crippen LogP) is 0.346. The third kappa shape index (κ3) is 5.73. The maximum absolute atomic E-state index is 10.5. The number of carbonyl (C=O) groups excluding carboxylic acids is 1. The van der Waals surface area contributed by atoms with Crippen LogP contribution in [0.3, 0.4) is 0 Å². The van der Waals surface area contributed by atoms with Gasteiger partial charge in [-0.15, -0.1) is 0 Å².